The largest absolute Gasteiger partial charge is 0.481 e. The number of rotatable bonds is 4. The van der Waals surface area contributed by atoms with Crippen LogP contribution >= 0.6 is 0 Å². The summed E-state index contributed by atoms with van der Waals surface area (Å²) >= 11 is 0. The number of carboxylic acids is 1. The molecule has 0 bridgehead atoms. The number of hydrogen-bond donors (Lipinski definition) is 2. The third-order valence-corrected chi connectivity index (χ3v) is 3.33. The van der Waals surface area contributed by atoms with E-state index in [1.165, 1.54) is 0 Å². The highest BCUT2D eigenvalue weighted by molar-refractivity contribution is 5.74. The molecule has 1 saturated carbocycles. The lowest BCUT2D eigenvalue weighted by molar-refractivity contribution is -0.150. The van der Waals surface area contributed by atoms with E-state index in [0.717, 1.165) is 38.5 Å². The number of aliphatic hydroxyl groups excluding tert-OH is 1. The van der Waals surface area contributed by atoms with Crippen molar-refractivity contribution in [1.29, 1.82) is 0 Å². The lowest BCUT2D eigenvalue weighted by Crippen LogP contribution is -2.30. The van der Waals surface area contributed by atoms with Crippen molar-refractivity contribution in [2.75, 3.05) is 6.61 Å². The second-order valence-electron chi connectivity index (χ2n) is 4.33. The fraction of sp³-hybridized carbons (Fsp3) is 0.909. The van der Waals surface area contributed by atoms with Crippen LogP contribution in [0.15, 0.2) is 0 Å². The Hall–Kier alpha value is -0.570. The molecule has 3 nitrogen and oxygen atoms in total. The first-order valence-electron chi connectivity index (χ1n) is 5.55. The molecule has 1 fully saturated rings. The van der Waals surface area contributed by atoms with Gasteiger partial charge in [0.25, 0.3) is 0 Å². The number of aliphatic hydroxyl groups is 1. The number of hydrogen-bond acceptors (Lipinski definition) is 2. The lowest BCUT2D eigenvalue weighted by Gasteiger charge is -2.27. The Labute approximate surface area is 85.1 Å². The average Bonchev–Trinajstić information content (AvgIpc) is 2.41. The zero-order chi connectivity index (χ0) is 10.4. The van der Waals surface area contributed by atoms with Gasteiger partial charge < -0.3 is 10.2 Å². The normalized spacial score (nSPS) is 21.5. The van der Waals surface area contributed by atoms with Gasteiger partial charge in [0.1, 0.15) is 0 Å². The maximum atomic E-state index is 11.3. The van der Waals surface area contributed by atoms with Gasteiger partial charge in [-0.1, -0.05) is 25.7 Å². The van der Waals surface area contributed by atoms with Gasteiger partial charge in [-0.05, 0) is 25.7 Å². The Morgan fingerprint density at radius 2 is 1.71 bits per heavy atom. The molecule has 0 aromatic carbocycles. The molecule has 0 atom stereocenters. The highest BCUT2D eigenvalue weighted by Crippen LogP contribution is 2.39. The molecule has 0 aromatic heterocycles. The predicted octanol–water partition coefficient (Wildman–Crippen LogP) is 2.18. The van der Waals surface area contributed by atoms with Crippen molar-refractivity contribution >= 4 is 5.97 Å². The van der Waals surface area contributed by atoms with Crippen LogP contribution in [-0.4, -0.2) is 22.8 Å². The Kier molecular flexibility index (Phi) is 4.39. The second-order valence-corrected chi connectivity index (χ2v) is 4.33. The summed E-state index contributed by atoms with van der Waals surface area (Å²) < 4.78 is 0. The van der Waals surface area contributed by atoms with Gasteiger partial charge in [-0.3, -0.25) is 4.79 Å². The molecule has 0 aliphatic heterocycles. The van der Waals surface area contributed by atoms with E-state index in [0.29, 0.717) is 12.8 Å². The Morgan fingerprint density at radius 3 is 2.14 bits per heavy atom. The predicted molar refractivity (Wildman–Crippen MR) is 54.1 cm³/mol. The summed E-state index contributed by atoms with van der Waals surface area (Å²) in [5.41, 5.74) is -0.529. The number of aliphatic carboxylic acids is 1. The summed E-state index contributed by atoms with van der Waals surface area (Å²) in [4.78, 5) is 11.3. The van der Waals surface area contributed by atoms with Gasteiger partial charge in [0.05, 0.1) is 5.41 Å². The van der Waals surface area contributed by atoms with E-state index < -0.39 is 11.4 Å². The van der Waals surface area contributed by atoms with Crippen molar-refractivity contribution in [2.45, 2.75) is 51.4 Å². The van der Waals surface area contributed by atoms with Crippen molar-refractivity contribution in [3.8, 4) is 0 Å². The van der Waals surface area contributed by atoms with E-state index >= 15 is 0 Å². The van der Waals surface area contributed by atoms with Crippen molar-refractivity contribution in [1.82, 2.24) is 0 Å². The van der Waals surface area contributed by atoms with Crippen LogP contribution in [0.3, 0.4) is 0 Å². The molecular formula is C11H20O3. The van der Waals surface area contributed by atoms with Crippen molar-refractivity contribution in [3.05, 3.63) is 0 Å². The second kappa shape index (κ2) is 5.35. The van der Waals surface area contributed by atoms with E-state index in [-0.39, 0.29) is 6.61 Å². The molecule has 0 heterocycles. The van der Waals surface area contributed by atoms with E-state index in [1.54, 1.807) is 0 Å². The molecule has 2 N–H and O–H groups in total. The van der Waals surface area contributed by atoms with Gasteiger partial charge in [0, 0.05) is 6.61 Å². The Morgan fingerprint density at radius 1 is 1.14 bits per heavy atom. The van der Waals surface area contributed by atoms with Gasteiger partial charge in [-0.25, -0.2) is 0 Å². The quantitative estimate of drug-likeness (QED) is 0.684. The zero-order valence-electron chi connectivity index (χ0n) is 8.67. The highest BCUT2D eigenvalue weighted by Gasteiger charge is 2.37. The van der Waals surface area contributed by atoms with E-state index in [9.17, 15) is 9.90 Å². The van der Waals surface area contributed by atoms with Crippen LogP contribution in [0.1, 0.15) is 51.4 Å². The maximum Gasteiger partial charge on any atom is 0.309 e. The molecular weight excluding hydrogens is 180 g/mol. The van der Waals surface area contributed by atoms with Gasteiger partial charge >= 0.3 is 5.97 Å². The van der Waals surface area contributed by atoms with Gasteiger partial charge in [-0.15, -0.1) is 0 Å². The number of carboxylic acid groups (broad SMARTS) is 1. The monoisotopic (exact) mass is 200 g/mol. The first kappa shape index (κ1) is 11.5. The Balaban J connectivity index is 2.62. The van der Waals surface area contributed by atoms with Crippen molar-refractivity contribution < 1.29 is 15.0 Å². The van der Waals surface area contributed by atoms with Crippen LogP contribution in [0.4, 0.5) is 0 Å². The first-order valence-corrected chi connectivity index (χ1v) is 5.55. The van der Waals surface area contributed by atoms with E-state index in [4.69, 9.17) is 5.11 Å². The standard InChI is InChI=1S/C11H20O3/c12-9-5-8-11(10(13)14)6-3-1-2-4-7-11/h12H,1-9H2,(H,13,14). The lowest BCUT2D eigenvalue weighted by atomic mass is 9.76. The summed E-state index contributed by atoms with van der Waals surface area (Å²) in [7, 11) is 0. The molecule has 0 amide bonds. The van der Waals surface area contributed by atoms with Gasteiger partial charge in [0.2, 0.25) is 0 Å². The van der Waals surface area contributed by atoms with Gasteiger partial charge in [0.15, 0.2) is 0 Å². The van der Waals surface area contributed by atoms with Crippen LogP contribution in [0, 0.1) is 5.41 Å². The third kappa shape index (κ3) is 2.71. The van der Waals surface area contributed by atoms with Crippen LogP contribution < -0.4 is 0 Å². The fourth-order valence-corrected chi connectivity index (χ4v) is 2.39. The van der Waals surface area contributed by atoms with Crippen molar-refractivity contribution in [3.63, 3.8) is 0 Å². The summed E-state index contributed by atoms with van der Waals surface area (Å²) in [6, 6.07) is 0. The van der Waals surface area contributed by atoms with Crippen LogP contribution in [-0.2, 0) is 4.79 Å². The Bertz CT molecular complexity index is 181. The molecule has 82 valence electrons. The fourth-order valence-electron chi connectivity index (χ4n) is 2.39. The highest BCUT2D eigenvalue weighted by atomic mass is 16.4. The molecule has 0 unspecified atom stereocenters. The molecule has 1 rings (SSSR count). The summed E-state index contributed by atoms with van der Waals surface area (Å²) in [5.74, 6) is -0.659. The summed E-state index contributed by atoms with van der Waals surface area (Å²) in [6.07, 6.45) is 7.22. The minimum Gasteiger partial charge on any atom is -0.481 e. The maximum absolute atomic E-state index is 11.3. The van der Waals surface area contributed by atoms with Crippen molar-refractivity contribution in [2.24, 2.45) is 5.41 Å². The molecule has 0 saturated heterocycles. The average molecular weight is 200 g/mol. The zero-order valence-corrected chi connectivity index (χ0v) is 8.67. The summed E-state index contributed by atoms with van der Waals surface area (Å²) in [5, 5.41) is 18.0. The molecule has 3 heteroatoms. The molecule has 0 spiro atoms. The van der Waals surface area contributed by atoms with Gasteiger partial charge in [-0.2, -0.15) is 0 Å². The smallest absolute Gasteiger partial charge is 0.309 e. The molecule has 14 heavy (non-hydrogen) atoms. The molecule has 1 aliphatic rings. The van der Waals surface area contributed by atoms with E-state index in [2.05, 4.69) is 0 Å². The molecule has 1 aliphatic carbocycles. The van der Waals surface area contributed by atoms with Crippen LogP contribution in [0.25, 0.3) is 0 Å². The minimum atomic E-state index is -0.659. The SMILES string of the molecule is O=C(O)C1(CCCO)CCCCCC1. The number of carbonyl (C=O) groups is 1. The first-order chi connectivity index (χ1) is 6.71. The van der Waals surface area contributed by atoms with Crippen LogP contribution in [0.2, 0.25) is 0 Å². The third-order valence-electron chi connectivity index (χ3n) is 3.33. The topological polar surface area (TPSA) is 57.5 Å². The molecule has 0 radical (unpaired) electrons. The molecule has 0 aromatic rings. The minimum absolute atomic E-state index is 0.106. The van der Waals surface area contributed by atoms with Crippen LogP contribution in [0.5, 0.6) is 0 Å². The van der Waals surface area contributed by atoms with E-state index in [1.807, 2.05) is 0 Å². The summed E-state index contributed by atoms with van der Waals surface area (Å²) in [6.45, 7) is 0.106.